The van der Waals surface area contributed by atoms with Gasteiger partial charge in [0.2, 0.25) is 0 Å². The summed E-state index contributed by atoms with van der Waals surface area (Å²) < 4.78 is 0. The number of hydrogen-bond donors (Lipinski definition) is 0. The predicted octanol–water partition coefficient (Wildman–Crippen LogP) is 9.98. The molecule has 0 spiro atoms. The minimum atomic E-state index is 0.224. The molecule has 0 unspecified atom stereocenters. The third-order valence-electron chi connectivity index (χ3n) is 5.40. The van der Waals surface area contributed by atoms with Crippen LogP contribution >= 0.6 is 0 Å². The lowest BCUT2D eigenvalue weighted by Gasteiger charge is -2.44. The van der Waals surface area contributed by atoms with Crippen molar-refractivity contribution in [3.8, 4) is 0 Å². The van der Waals surface area contributed by atoms with Crippen molar-refractivity contribution in [3.05, 3.63) is 45.6 Å². The highest BCUT2D eigenvalue weighted by Gasteiger charge is 2.41. The molecule has 0 amide bonds. The van der Waals surface area contributed by atoms with E-state index >= 15 is 0 Å². The van der Waals surface area contributed by atoms with Crippen molar-refractivity contribution < 1.29 is 0 Å². The Bertz CT molecular complexity index is 520. The molecule has 0 heterocycles. The van der Waals surface area contributed by atoms with Gasteiger partial charge in [-0.25, -0.2) is 0 Å². The Balaban J connectivity index is 0. The van der Waals surface area contributed by atoms with E-state index in [1.54, 1.807) is 11.1 Å². The van der Waals surface area contributed by atoms with Crippen LogP contribution < -0.4 is 0 Å². The van der Waals surface area contributed by atoms with Crippen molar-refractivity contribution >= 4 is 0 Å². The van der Waals surface area contributed by atoms with Crippen LogP contribution in [0, 0.1) is 5.41 Å². The number of rotatable bonds is 5. The van der Waals surface area contributed by atoms with Gasteiger partial charge in [0.25, 0.3) is 0 Å². The standard InChI is InChI=1S/C23H38.2C2H6/c1-9-14-20(8)22(18(5)6)23(15-12-11-13-16-23)21(17(3)4)19(7)10-2;2*1-2/h10,14H,9,11-13,15-16H2,1-8H3;2*1-2H3/b19-10-,20-14-;;. The van der Waals surface area contributed by atoms with Crippen LogP contribution in [0.1, 0.15) is 122 Å². The van der Waals surface area contributed by atoms with Gasteiger partial charge in [0, 0.05) is 5.41 Å². The van der Waals surface area contributed by atoms with Gasteiger partial charge in [-0.15, -0.1) is 0 Å². The molecular formula is C27H50. The summed E-state index contributed by atoms with van der Waals surface area (Å²) in [6.07, 6.45) is 12.5. The quantitative estimate of drug-likeness (QED) is 0.420. The summed E-state index contributed by atoms with van der Waals surface area (Å²) in [5, 5.41) is 0. The van der Waals surface area contributed by atoms with Gasteiger partial charge in [-0.3, -0.25) is 0 Å². The van der Waals surface area contributed by atoms with Crippen LogP contribution in [0.2, 0.25) is 0 Å². The van der Waals surface area contributed by atoms with Gasteiger partial charge in [-0.05, 0) is 78.9 Å². The Morgan fingerprint density at radius 1 is 0.704 bits per heavy atom. The van der Waals surface area contributed by atoms with Gasteiger partial charge in [-0.2, -0.15) is 0 Å². The molecule has 0 saturated heterocycles. The summed E-state index contributed by atoms with van der Waals surface area (Å²) in [6.45, 7) is 26.3. The zero-order chi connectivity index (χ0) is 21.6. The fourth-order valence-electron chi connectivity index (χ4n) is 4.83. The zero-order valence-corrected chi connectivity index (χ0v) is 20.9. The van der Waals surface area contributed by atoms with E-state index in [1.807, 2.05) is 27.7 Å². The van der Waals surface area contributed by atoms with Crippen LogP contribution in [-0.2, 0) is 0 Å². The third-order valence-corrected chi connectivity index (χ3v) is 5.40. The van der Waals surface area contributed by atoms with Crippen LogP contribution in [0.5, 0.6) is 0 Å². The molecule has 0 nitrogen and oxygen atoms in total. The van der Waals surface area contributed by atoms with Gasteiger partial charge in [0.15, 0.2) is 0 Å². The predicted molar refractivity (Wildman–Crippen MR) is 128 cm³/mol. The maximum absolute atomic E-state index is 2.42. The molecule has 1 aliphatic rings. The zero-order valence-electron chi connectivity index (χ0n) is 20.9. The summed E-state index contributed by atoms with van der Waals surface area (Å²) in [5.74, 6) is 0. The molecule has 27 heavy (non-hydrogen) atoms. The van der Waals surface area contributed by atoms with Gasteiger partial charge >= 0.3 is 0 Å². The maximum Gasteiger partial charge on any atom is 0.0206 e. The van der Waals surface area contributed by atoms with E-state index in [1.165, 1.54) is 54.4 Å². The largest absolute Gasteiger partial charge is 0.0844 e. The van der Waals surface area contributed by atoms with E-state index in [-0.39, 0.29) is 5.41 Å². The first-order valence-electron chi connectivity index (χ1n) is 11.5. The smallest absolute Gasteiger partial charge is 0.0206 e. The Labute approximate surface area is 172 Å². The van der Waals surface area contributed by atoms with E-state index < -0.39 is 0 Å². The van der Waals surface area contributed by atoms with E-state index in [2.05, 4.69) is 67.5 Å². The van der Waals surface area contributed by atoms with E-state index in [0.717, 1.165) is 6.42 Å². The molecule has 0 aromatic rings. The Morgan fingerprint density at radius 2 is 1.11 bits per heavy atom. The first kappa shape index (κ1) is 28.2. The van der Waals surface area contributed by atoms with Crippen LogP contribution in [0.25, 0.3) is 0 Å². The molecule has 0 aromatic heterocycles. The van der Waals surface area contributed by atoms with Crippen LogP contribution in [0.4, 0.5) is 0 Å². The van der Waals surface area contributed by atoms with Crippen molar-refractivity contribution in [2.45, 2.75) is 122 Å². The monoisotopic (exact) mass is 374 g/mol. The molecule has 1 aliphatic carbocycles. The van der Waals surface area contributed by atoms with Crippen LogP contribution in [0.3, 0.4) is 0 Å². The number of hydrogen-bond acceptors (Lipinski definition) is 0. The fourth-order valence-corrected chi connectivity index (χ4v) is 4.83. The van der Waals surface area contributed by atoms with Crippen LogP contribution in [-0.4, -0.2) is 0 Å². The van der Waals surface area contributed by atoms with E-state index in [0.29, 0.717) is 0 Å². The minimum absolute atomic E-state index is 0.224. The van der Waals surface area contributed by atoms with Crippen molar-refractivity contribution in [1.29, 1.82) is 0 Å². The van der Waals surface area contributed by atoms with Gasteiger partial charge in [0.1, 0.15) is 0 Å². The summed E-state index contributed by atoms with van der Waals surface area (Å²) >= 11 is 0. The summed E-state index contributed by atoms with van der Waals surface area (Å²) in [4.78, 5) is 0. The third kappa shape index (κ3) is 7.47. The maximum atomic E-state index is 2.42. The van der Waals surface area contributed by atoms with Gasteiger partial charge in [-0.1, -0.05) is 88.3 Å². The van der Waals surface area contributed by atoms with E-state index in [9.17, 15) is 0 Å². The lowest BCUT2D eigenvalue weighted by molar-refractivity contribution is 0.291. The molecule has 1 saturated carbocycles. The molecule has 0 aliphatic heterocycles. The van der Waals surface area contributed by atoms with E-state index in [4.69, 9.17) is 0 Å². The SMILES string of the molecule is C/C=C(/C)C(=C(C)C)C1(C(=C(C)C)/C(C)=C\CC)CCCCC1.CC.CC. The van der Waals surface area contributed by atoms with Crippen molar-refractivity contribution in [2.75, 3.05) is 0 Å². The summed E-state index contributed by atoms with van der Waals surface area (Å²) in [6, 6.07) is 0. The average Bonchev–Trinajstić information content (AvgIpc) is 2.65. The lowest BCUT2D eigenvalue weighted by atomic mass is 9.59. The van der Waals surface area contributed by atoms with Crippen molar-refractivity contribution in [3.63, 3.8) is 0 Å². The topological polar surface area (TPSA) is 0 Å². The lowest BCUT2D eigenvalue weighted by Crippen LogP contribution is -2.31. The Morgan fingerprint density at radius 3 is 1.44 bits per heavy atom. The normalized spacial score (nSPS) is 16.3. The molecule has 0 bridgehead atoms. The molecule has 158 valence electrons. The highest BCUT2D eigenvalue weighted by molar-refractivity contribution is 5.51. The average molecular weight is 375 g/mol. The molecule has 0 radical (unpaired) electrons. The molecule has 0 heteroatoms. The minimum Gasteiger partial charge on any atom is -0.0844 e. The second kappa shape index (κ2) is 14.9. The molecule has 0 aromatic carbocycles. The Kier molecular flexibility index (Phi) is 15.6. The van der Waals surface area contributed by atoms with Crippen molar-refractivity contribution in [2.24, 2.45) is 5.41 Å². The second-order valence-corrected chi connectivity index (χ2v) is 7.66. The summed E-state index contributed by atoms with van der Waals surface area (Å²) in [5.41, 5.74) is 9.41. The molecule has 1 rings (SSSR count). The van der Waals surface area contributed by atoms with Crippen molar-refractivity contribution in [1.82, 2.24) is 0 Å². The van der Waals surface area contributed by atoms with Gasteiger partial charge < -0.3 is 0 Å². The highest BCUT2D eigenvalue weighted by atomic mass is 14.4. The Hall–Kier alpha value is -1.04. The number of allylic oxidation sites excluding steroid dienone is 8. The van der Waals surface area contributed by atoms with Crippen LogP contribution in [0.15, 0.2) is 45.6 Å². The molecule has 1 fully saturated rings. The first-order valence-corrected chi connectivity index (χ1v) is 11.5. The fraction of sp³-hybridized carbons (Fsp3) is 0.704. The van der Waals surface area contributed by atoms with Gasteiger partial charge in [0.05, 0.1) is 0 Å². The highest BCUT2D eigenvalue weighted by Crippen LogP contribution is 2.54. The molecular weight excluding hydrogens is 324 g/mol. The molecule has 0 atom stereocenters. The summed E-state index contributed by atoms with van der Waals surface area (Å²) in [7, 11) is 0. The second-order valence-electron chi connectivity index (χ2n) is 7.66. The first-order chi connectivity index (χ1) is 12.8. The molecule has 0 N–H and O–H groups in total.